The first-order chi connectivity index (χ1) is 37.9. The number of hydrogen-bond acceptors (Lipinski definition) is 13. The normalized spacial score (nSPS) is 16.8. The standard InChI is InChI=1S/C32H28FNO6.C31H25FO6/c1-38-34-20-28(33)30(40-32(37)27-18-14-25(15-19-27)23-10-6-3-7-11-23)29(35)21-39-31(36)26-16-12-24(13-17-26)22-8-4-2-5-9-22;32-27-28(38-30(34)25-17-13-23(14-18-25)21-9-5-2-6-10-21)26(37-31(27)35)19-36-29(33)24-15-11-22(12-16-24)20-7-3-1-4-8-20/h2-20,28-30,35H,21H2,1H3;1-18,26-28,31,35H,19H2/t28-,29-,30+;26-,27+,28-,31?/m11/s1. The molecule has 15 heteroatoms. The van der Waals surface area contributed by atoms with Gasteiger partial charge in [-0.25, -0.2) is 28.0 Å². The molecule has 0 amide bonds. The third-order valence-electron chi connectivity index (χ3n) is 12.4. The summed E-state index contributed by atoms with van der Waals surface area (Å²) < 4.78 is 55.9. The molecule has 0 bridgehead atoms. The van der Waals surface area contributed by atoms with Crippen molar-refractivity contribution in [2.75, 3.05) is 20.3 Å². The minimum absolute atomic E-state index is 0.156. The van der Waals surface area contributed by atoms with Gasteiger partial charge < -0.3 is 38.7 Å². The van der Waals surface area contributed by atoms with Crippen molar-refractivity contribution in [1.82, 2.24) is 0 Å². The summed E-state index contributed by atoms with van der Waals surface area (Å²) in [6.45, 7) is -1.02. The van der Waals surface area contributed by atoms with E-state index in [0.717, 1.165) is 50.7 Å². The number of carbonyl (C=O) groups excluding carboxylic acids is 4. The lowest BCUT2D eigenvalue weighted by Gasteiger charge is -2.24. The molecular formula is C63H53F2NO12. The molecule has 0 aliphatic carbocycles. The molecule has 0 aromatic heterocycles. The molecule has 8 aromatic rings. The molecule has 1 saturated heterocycles. The fourth-order valence-corrected chi connectivity index (χ4v) is 8.21. The first-order valence-corrected chi connectivity index (χ1v) is 24.7. The molecule has 1 heterocycles. The van der Waals surface area contributed by atoms with Crippen LogP contribution in [0.15, 0.2) is 224 Å². The van der Waals surface area contributed by atoms with E-state index in [4.69, 9.17) is 23.7 Å². The first-order valence-electron chi connectivity index (χ1n) is 24.7. The SMILES string of the molecule is CON=C[C@@H](F)[C@H](OC(=O)c1ccc(-c2ccccc2)cc1)[C@H](O)COC(=O)c1ccc(-c2ccccc2)cc1.O=C(OC[C@H]1OC(O)[C@@H](F)[C@@H]1OC(=O)c1ccc(-c2ccccc2)cc1)c1ccc(-c2ccccc2)cc1. The average molecular weight is 1050 g/mol. The summed E-state index contributed by atoms with van der Waals surface area (Å²) >= 11 is 0. The number of rotatable bonds is 18. The van der Waals surface area contributed by atoms with Gasteiger partial charge in [0.1, 0.15) is 32.5 Å². The monoisotopic (exact) mass is 1050 g/mol. The highest BCUT2D eigenvalue weighted by Gasteiger charge is 2.48. The van der Waals surface area contributed by atoms with Crippen LogP contribution in [0, 0.1) is 0 Å². The predicted molar refractivity (Wildman–Crippen MR) is 289 cm³/mol. The number of esters is 4. The molecule has 9 rings (SSSR count). The van der Waals surface area contributed by atoms with E-state index in [1.165, 1.54) is 7.11 Å². The maximum absolute atomic E-state index is 14.9. The van der Waals surface area contributed by atoms with Gasteiger partial charge in [0.05, 0.1) is 28.5 Å². The van der Waals surface area contributed by atoms with Crippen molar-refractivity contribution in [3.63, 3.8) is 0 Å². The predicted octanol–water partition coefficient (Wildman–Crippen LogP) is 11.2. The van der Waals surface area contributed by atoms with Crippen molar-refractivity contribution in [3.8, 4) is 44.5 Å². The summed E-state index contributed by atoms with van der Waals surface area (Å²) in [5.41, 5.74) is 8.51. The molecule has 0 saturated carbocycles. The molecular weight excluding hydrogens is 1000 g/mol. The van der Waals surface area contributed by atoms with Gasteiger partial charge in [0.15, 0.2) is 30.8 Å². The van der Waals surface area contributed by atoms with Crippen molar-refractivity contribution < 1.29 is 66.7 Å². The molecule has 2 N–H and O–H groups in total. The number of benzene rings is 8. The number of ether oxygens (including phenoxy) is 5. The molecule has 7 atom stereocenters. The largest absolute Gasteiger partial charge is 0.459 e. The van der Waals surface area contributed by atoms with E-state index in [1.54, 1.807) is 97.1 Å². The highest BCUT2D eigenvalue weighted by molar-refractivity contribution is 5.92. The number of alkyl halides is 2. The van der Waals surface area contributed by atoms with Gasteiger partial charge in [0.2, 0.25) is 0 Å². The zero-order valence-electron chi connectivity index (χ0n) is 42.0. The van der Waals surface area contributed by atoms with Crippen LogP contribution in [-0.2, 0) is 28.5 Å². The Hall–Kier alpha value is -9.15. The second-order valence-corrected chi connectivity index (χ2v) is 17.7. The third-order valence-corrected chi connectivity index (χ3v) is 12.4. The molecule has 1 aliphatic heterocycles. The van der Waals surface area contributed by atoms with E-state index in [0.29, 0.717) is 5.56 Å². The van der Waals surface area contributed by atoms with Gasteiger partial charge in [-0.2, -0.15) is 0 Å². The summed E-state index contributed by atoms with van der Waals surface area (Å²) in [6.07, 6.45) is -11.1. The first kappa shape index (κ1) is 55.1. The average Bonchev–Trinajstić information content (AvgIpc) is 3.77. The minimum Gasteiger partial charge on any atom is -0.459 e. The number of oxime groups is 1. The number of hydrogen-bond donors (Lipinski definition) is 2. The van der Waals surface area contributed by atoms with Gasteiger partial charge in [-0.1, -0.05) is 175 Å². The second-order valence-electron chi connectivity index (χ2n) is 17.7. The fourth-order valence-electron chi connectivity index (χ4n) is 8.21. The van der Waals surface area contributed by atoms with Crippen LogP contribution in [0.3, 0.4) is 0 Å². The van der Waals surface area contributed by atoms with E-state index in [-0.39, 0.29) is 16.7 Å². The van der Waals surface area contributed by atoms with Crippen molar-refractivity contribution >= 4 is 30.1 Å². The van der Waals surface area contributed by atoms with Crippen LogP contribution in [0.4, 0.5) is 8.78 Å². The van der Waals surface area contributed by atoms with E-state index < -0.39 is 80.1 Å². The Balaban J connectivity index is 0.000000206. The van der Waals surface area contributed by atoms with Gasteiger partial charge in [0, 0.05) is 0 Å². The molecule has 0 spiro atoms. The topological polar surface area (TPSA) is 176 Å². The summed E-state index contributed by atoms with van der Waals surface area (Å²) in [5.74, 6) is -3.00. The van der Waals surface area contributed by atoms with Gasteiger partial charge >= 0.3 is 23.9 Å². The number of carbonyl (C=O) groups is 4. The van der Waals surface area contributed by atoms with E-state index in [2.05, 4.69) is 9.99 Å². The second kappa shape index (κ2) is 27.1. The van der Waals surface area contributed by atoms with Crippen molar-refractivity contribution in [1.29, 1.82) is 0 Å². The Labute approximate surface area is 448 Å². The molecule has 78 heavy (non-hydrogen) atoms. The Morgan fingerprint density at radius 3 is 1.26 bits per heavy atom. The van der Waals surface area contributed by atoms with Crippen molar-refractivity contribution in [2.24, 2.45) is 5.16 Å². The number of nitrogens with zero attached hydrogens (tertiary/aromatic N) is 1. The number of aliphatic hydroxyl groups excluding tert-OH is 2. The fraction of sp³-hybridized carbons (Fsp3) is 0.159. The number of aliphatic hydroxyl groups is 2. The summed E-state index contributed by atoms with van der Waals surface area (Å²) in [5, 5.41) is 23.9. The van der Waals surface area contributed by atoms with E-state index in [1.807, 2.05) is 121 Å². The Morgan fingerprint density at radius 1 is 0.526 bits per heavy atom. The minimum atomic E-state index is -2.04. The Morgan fingerprint density at radius 2 is 0.872 bits per heavy atom. The molecule has 1 aliphatic rings. The third kappa shape index (κ3) is 14.6. The highest BCUT2D eigenvalue weighted by atomic mass is 19.1. The summed E-state index contributed by atoms with van der Waals surface area (Å²) in [7, 11) is 1.22. The molecule has 13 nitrogen and oxygen atoms in total. The Bertz CT molecular complexity index is 3220. The van der Waals surface area contributed by atoms with Crippen LogP contribution in [0.2, 0.25) is 0 Å². The van der Waals surface area contributed by atoms with Crippen LogP contribution in [-0.4, -0.2) is 104 Å². The van der Waals surface area contributed by atoms with E-state index >= 15 is 0 Å². The van der Waals surface area contributed by atoms with Gasteiger partial charge in [0.25, 0.3) is 0 Å². The quantitative estimate of drug-likeness (QED) is 0.0360. The van der Waals surface area contributed by atoms with Gasteiger partial charge in [-0.3, -0.25) is 0 Å². The van der Waals surface area contributed by atoms with Crippen LogP contribution in [0.5, 0.6) is 0 Å². The lowest BCUT2D eigenvalue weighted by atomic mass is 10.0. The lowest BCUT2D eigenvalue weighted by molar-refractivity contribution is -0.122. The van der Waals surface area contributed by atoms with E-state index in [9.17, 15) is 38.2 Å². The van der Waals surface area contributed by atoms with Crippen LogP contribution in [0.1, 0.15) is 41.4 Å². The van der Waals surface area contributed by atoms with Crippen LogP contribution >= 0.6 is 0 Å². The van der Waals surface area contributed by atoms with Crippen molar-refractivity contribution in [2.45, 2.75) is 43.0 Å². The maximum Gasteiger partial charge on any atom is 0.338 e. The van der Waals surface area contributed by atoms with Crippen LogP contribution in [0.25, 0.3) is 44.5 Å². The zero-order chi connectivity index (χ0) is 54.8. The number of halogens is 2. The van der Waals surface area contributed by atoms with Gasteiger partial charge in [-0.15, -0.1) is 0 Å². The molecule has 1 fully saturated rings. The lowest BCUT2D eigenvalue weighted by Crippen LogP contribution is -2.43. The molecule has 1 unspecified atom stereocenters. The smallest absolute Gasteiger partial charge is 0.338 e. The van der Waals surface area contributed by atoms with Gasteiger partial charge in [-0.05, 0) is 93.0 Å². The molecule has 0 radical (unpaired) electrons. The molecule has 8 aromatic carbocycles. The zero-order valence-corrected chi connectivity index (χ0v) is 42.0. The molecule has 396 valence electrons. The Kier molecular flexibility index (Phi) is 19.1. The summed E-state index contributed by atoms with van der Waals surface area (Å²) in [6, 6.07) is 65.4. The highest BCUT2D eigenvalue weighted by Crippen LogP contribution is 2.29. The summed E-state index contributed by atoms with van der Waals surface area (Å²) in [4.78, 5) is 55.2. The van der Waals surface area contributed by atoms with Crippen molar-refractivity contribution in [3.05, 3.63) is 241 Å². The maximum atomic E-state index is 14.9. The van der Waals surface area contributed by atoms with Crippen LogP contribution < -0.4 is 0 Å².